The molecule has 0 aliphatic carbocycles. The van der Waals surface area contributed by atoms with E-state index >= 15 is 0 Å². The van der Waals surface area contributed by atoms with E-state index in [0.29, 0.717) is 18.8 Å². The van der Waals surface area contributed by atoms with Crippen LogP contribution in [0.3, 0.4) is 0 Å². The van der Waals surface area contributed by atoms with Crippen LogP contribution in [0.15, 0.2) is 18.2 Å². The van der Waals surface area contributed by atoms with E-state index in [1.807, 2.05) is 32.9 Å². The number of hydrogen-bond acceptors (Lipinski definition) is 4. The maximum atomic E-state index is 12.2. The number of nitrogens with one attached hydrogen (secondary N) is 2. The van der Waals surface area contributed by atoms with Crippen LogP contribution in [0, 0.1) is 6.92 Å². The molecule has 5 heteroatoms. The van der Waals surface area contributed by atoms with Crippen molar-refractivity contribution in [2.45, 2.75) is 32.9 Å². The second-order valence-corrected chi connectivity index (χ2v) is 5.59. The van der Waals surface area contributed by atoms with Gasteiger partial charge < -0.3 is 15.7 Å². The van der Waals surface area contributed by atoms with Gasteiger partial charge in [-0.05, 0) is 26.8 Å². The average Bonchev–Trinajstić information content (AvgIpc) is 2.49. The van der Waals surface area contributed by atoms with E-state index < -0.39 is 0 Å². The molecule has 1 fully saturated rings. The first-order chi connectivity index (χ1) is 10.0. The first-order valence-electron chi connectivity index (χ1n) is 7.58. The number of hydrogen-bond donors (Lipinski definition) is 3. The van der Waals surface area contributed by atoms with Crippen molar-refractivity contribution in [3.8, 4) is 5.75 Å². The highest BCUT2D eigenvalue weighted by molar-refractivity contribution is 5.82. The second kappa shape index (κ2) is 6.91. The smallest absolute Gasteiger partial charge is 0.238 e. The van der Waals surface area contributed by atoms with Crippen LogP contribution < -0.4 is 10.6 Å². The van der Waals surface area contributed by atoms with Crippen LogP contribution >= 0.6 is 0 Å². The van der Waals surface area contributed by atoms with E-state index in [2.05, 4.69) is 15.5 Å². The van der Waals surface area contributed by atoms with Crippen LogP contribution in [0.5, 0.6) is 5.75 Å². The summed E-state index contributed by atoms with van der Waals surface area (Å²) >= 11 is 0. The van der Waals surface area contributed by atoms with Crippen LogP contribution in [0.2, 0.25) is 0 Å². The van der Waals surface area contributed by atoms with E-state index in [0.717, 1.165) is 24.2 Å². The Morgan fingerprint density at radius 3 is 3.05 bits per heavy atom. The number of likely N-dealkylation sites (N-methyl/N-ethyl adjacent to an activating group) is 1. The van der Waals surface area contributed by atoms with Crippen molar-refractivity contribution < 1.29 is 9.90 Å². The summed E-state index contributed by atoms with van der Waals surface area (Å²) in [5.41, 5.74) is 1.99. The quantitative estimate of drug-likeness (QED) is 0.779. The Bertz CT molecular complexity index is 504. The molecule has 0 saturated carbocycles. The molecule has 1 saturated heterocycles. The van der Waals surface area contributed by atoms with Crippen molar-refractivity contribution >= 4 is 5.91 Å². The van der Waals surface area contributed by atoms with Crippen molar-refractivity contribution in [2.75, 3.05) is 26.2 Å². The summed E-state index contributed by atoms with van der Waals surface area (Å²) < 4.78 is 0. The van der Waals surface area contributed by atoms with Crippen LogP contribution in [0.25, 0.3) is 0 Å². The molecule has 2 unspecified atom stereocenters. The van der Waals surface area contributed by atoms with Gasteiger partial charge in [0.2, 0.25) is 5.91 Å². The van der Waals surface area contributed by atoms with Crippen molar-refractivity contribution in [1.82, 2.24) is 15.5 Å². The van der Waals surface area contributed by atoms with E-state index in [-0.39, 0.29) is 18.0 Å². The van der Waals surface area contributed by atoms with Gasteiger partial charge in [-0.1, -0.05) is 17.7 Å². The number of nitrogens with zero attached hydrogens (tertiary/aromatic N) is 1. The number of piperazine rings is 1. The van der Waals surface area contributed by atoms with Crippen LogP contribution in [0.4, 0.5) is 0 Å². The zero-order valence-electron chi connectivity index (χ0n) is 13.0. The summed E-state index contributed by atoms with van der Waals surface area (Å²) in [6.45, 7) is 8.90. The molecule has 1 aliphatic rings. The van der Waals surface area contributed by atoms with Crippen molar-refractivity contribution in [1.29, 1.82) is 0 Å². The summed E-state index contributed by atoms with van der Waals surface area (Å²) in [7, 11) is 0. The number of benzene rings is 1. The Morgan fingerprint density at radius 1 is 1.57 bits per heavy atom. The zero-order valence-corrected chi connectivity index (χ0v) is 13.0. The van der Waals surface area contributed by atoms with Crippen molar-refractivity contribution in [3.63, 3.8) is 0 Å². The molecule has 0 radical (unpaired) electrons. The molecule has 0 spiro atoms. The molecular weight excluding hydrogens is 266 g/mol. The first-order valence-corrected chi connectivity index (χ1v) is 7.58. The SMILES string of the molecule is CCNC(=O)C1CNCCN1C(C)c1cc(C)ccc1O. The topological polar surface area (TPSA) is 64.6 Å². The van der Waals surface area contributed by atoms with E-state index in [4.69, 9.17) is 0 Å². The van der Waals surface area contributed by atoms with Crippen molar-refractivity contribution in [2.24, 2.45) is 0 Å². The highest BCUT2D eigenvalue weighted by Crippen LogP contribution is 2.30. The Morgan fingerprint density at radius 2 is 2.33 bits per heavy atom. The number of rotatable bonds is 4. The molecule has 5 nitrogen and oxygen atoms in total. The third kappa shape index (κ3) is 3.54. The summed E-state index contributed by atoms with van der Waals surface area (Å²) in [5.74, 6) is 0.338. The molecule has 2 atom stereocenters. The fourth-order valence-electron chi connectivity index (χ4n) is 2.91. The summed E-state index contributed by atoms with van der Waals surface area (Å²) in [5, 5.41) is 16.3. The lowest BCUT2D eigenvalue weighted by molar-refractivity contribution is -0.128. The maximum Gasteiger partial charge on any atom is 0.238 e. The number of amides is 1. The minimum atomic E-state index is -0.200. The van der Waals surface area contributed by atoms with Gasteiger partial charge in [0.15, 0.2) is 0 Å². The molecule has 116 valence electrons. The first kappa shape index (κ1) is 15.8. The normalized spacial score (nSPS) is 21.0. The lowest BCUT2D eigenvalue weighted by atomic mass is 10.00. The molecule has 3 N–H and O–H groups in total. The fourth-order valence-corrected chi connectivity index (χ4v) is 2.91. The van der Waals surface area contributed by atoms with Crippen LogP contribution in [-0.2, 0) is 4.79 Å². The molecule has 2 rings (SSSR count). The molecule has 0 aromatic heterocycles. The number of phenolic OH excluding ortho intramolecular Hbond substituents is 1. The van der Waals surface area contributed by atoms with Crippen LogP contribution in [-0.4, -0.2) is 48.1 Å². The Labute approximate surface area is 126 Å². The molecule has 21 heavy (non-hydrogen) atoms. The van der Waals surface area contributed by atoms with Gasteiger partial charge in [-0.3, -0.25) is 9.69 Å². The van der Waals surface area contributed by atoms with Gasteiger partial charge >= 0.3 is 0 Å². The largest absolute Gasteiger partial charge is 0.508 e. The standard InChI is InChI=1S/C16H25N3O2/c1-4-18-16(21)14-10-17-7-8-19(14)12(3)13-9-11(2)5-6-15(13)20/h5-6,9,12,14,17,20H,4,7-8,10H2,1-3H3,(H,18,21). The van der Waals surface area contributed by atoms with E-state index in [1.54, 1.807) is 6.07 Å². The number of carbonyl (C=O) groups is 1. The molecule has 1 heterocycles. The number of aryl methyl sites for hydroxylation is 1. The monoisotopic (exact) mass is 291 g/mol. The summed E-state index contributed by atoms with van der Waals surface area (Å²) in [4.78, 5) is 14.4. The molecule has 1 amide bonds. The van der Waals surface area contributed by atoms with Crippen LogP contribution in [0.1, 0.15) is 31.0 Å². The lowest BCUT2D eigenvalue weighted by Crippen LogP contribution is -2.58. The average molecular weight is 291 g/mol. The van der Waals surface area contributed by atoms with Gasteiger partial charge in [0.25, 0.3) is 0 Å². The van der Waals surface area contributed by atoms with Gasteiger partial charge in [-0.2, -0.15) is 0 Å². The van der Waals surface area contributed by atoms with Gasteiger partial charge in [0, 0.05) is 37.8 Å². The Kier molecular flexibility index (Phi) is 5.20. The molecule has 0 bridgehead atoms. The lowest BCUT2D eigenvalue weighted by Gasteiger charge is -2.39. The van der Waals surface area contributed by atoms with Crippen molar-refractivity contribution in [3.05, 3.63) is 29.3 Å². The highest BCUT2D eigenvalue weighted by atomic mass is 16.3. The van der Waals surface area contributed by atoms with E-state index in [1.165, 1.54) is 0 Å². The molecular formula is C16H25N3O2. The maximum absolute atomic E-state index is 12.2. The zero-order chi connectivity index (χ0) is 15.4. The van der Waals surface area contributed by atoms with Gasteiger partial charge in [-0.15, -0.1) is 0 Å². The minimum absolute atomic E-state index is 0.000365. The predicted octanol–water partition coefficient (Wildman–Crippen LogP) is 1.17. The number of phenols is 1. The van der Waals surface area contributed by atoms with Gasteiger partial charge in [-0.25, -0.2) is 0 Å². The second-order valence-electron chi connectivity index (χ2n) is 5.59. The summed E-state index contributed by atoms with van der Waals surface area (Å²) in [6, 6.07) is 5.42. The minimum Gasteiger partial charge on any atom is -0.508 e. The Balaban J connectivity index is 2.23. The van der Waals surface area contributed by atoms with E-state index in [9.17, 15) is 9.90 Å². The molecule has 1 aromatic rings. The fraction of sp³-hybridized carbons (Fsp3) is 0.562. The highest BCUT2D eigenvalue weighted by Gasteiger charge is 2.32. The third-order valence-electron chi connectivity index (χ3n) is 4.07. The Hall–Kier alpha value is -1.59. The third-order valence-corrected chi connectivity index (χ3v) is 4.07. The summed E-state index contributed by atoms with van der Waals surface area (Å²) in [6.07, 6.45) is 0. The van der Waals surface area contributed by atoms with Gasteiger partial charge in [0.05, 0.1) is 0 Å². The van der Waals surface area contributed by atoms with Gasteiger partial charge in [0.1, 0.15) is 11.8 Å². The predicted molar refractivity (Wildman–Crippen MR) is 83.3 cm³/mol. The molecule has 1 aromatic carbocycles. The number of aromatic hydroxyl groups is 1. The number of carbonyl (C=O) groups excluding carboxylic acids is 1. The molecule has 1 aliphatic heterocycles.